The maximum absolute atomic E-state index is 14.5. The number of ether oxygens (including phenoxy) is 4. The molecule has 0 fully saturated rings. The number of hydrogen-bond acceptors (Lipinski definition) is 10. The minimum Gasteiger partial charge on any atom is -0.463 e. The van der Waals surface area contributed by atoms with Crippen LogP contribution in [-0.4, -0.2) is 109 Å². The Bertz CT molecular complexity index is 2420. The fourth-order valence-corrected chi connectivity index (χ4v) is 7.48. The Morgan fingerprint density at radius 2 is 0.966 bits per heavy atom. The Hall–Kier alpha value is -6.02. The van der Waals surface area contributed by atoms with Crippen LogP contribution in [0.3, 0.4) is 0 Å². The molecule has 4 aromatic carbocycles. The molecule has 4 aliphatic heterocycles. The molecular formula is C46H44N4O8. The average molecular weight is 781 g/mol. The fraction of sp³-hybridized carbons (Fsp3) is 0.348. The topological polar surface area (TPSA) is 118 Å². The van der Waals surface area contributed by atoms with E-state index >= 15 is 0 Å². The number of carbonyl (C=O) groups excluding carboxylic acids is 4. The van der Waals surface area contributed by atoms with Crippen LogP contribution in [0.5, 0.6) is 11.5 Å². The van der Waals surface area contributed by atoms with E-state index in [0.29, 0.717) is 48.9 Å². The van der Waals surface area contributed by atoms with Gasteiger partial charge >= 0.3 is 0 Å². The Labute approximate surface area is 337 Å². The van der Waals surface area contributed by atoms with E-state index in [0.717, 1.165) is 11.1 Å². The number of nitrogens with zero attached hydrogens (tertiary/aromatic N) is 4. The second-order valence-corrected chi connectivity index (χ2v) is 16.3. The van der Waals surface area contributed by atoms with Gasteiger partial charge in [-0.1, -0.05) is 23.7 Å². The summed E-state index contributed by atoms with van der Waals surface area (Å²) in [7, 11) is 7.43. The molecule has 0 aromatic heterocycles. The third kappa shape index (κ3) is 7.10. The summed E-state index contributed by atoms with van der Waals surface area (Å²) >= 11 is 0. The molecule has 4 aromatic rings. The molecule has 0 N–H and O–H groups in total. The lowest BCUT2D eigenvalue weighted by molar-refractivity contribution is -0.180. The van der Waals surface area contributed by atoms with Crippen LogP contribution in [-0.2, 0) is 22.7 Å². The Balaban J connectivity index is 1.33. The largest absolute Gasteiger partial charge is 0.463 e. The summed E-state index contributed by atoms with van der Waals surface area (Å²) in [6.45, 7) is 9.09. The zero-order valence-corrected chi connectivity index (χ0v) is 33.9. The molecule has 0 spiro atoms. The molecule has 4 amide bonds. The molecule has 0 radical (unpaired) electrons. The van der Waals surface area contributed by atoms with Crippen LogP contribution in [0.1, 0.15) is 103 Å². The molecule has 0 atom stereocenters. The molecule has 58 heavy (non-hydrogen) atoms. The summed E-state index contributed by atoms with van der Waals surface area (Å²) < 4.78 is 23.6. The molecule has 4 aliphatic rings. The summed E-state index contributed by atoms with van der Waals surface area (Å²) in [6, 6.07) is 14.2. The molecule has 0 bridgehead atoms. The molecule has 0 unspecified atom stereocenters. The number of rotatable bonds is 6. The Kier molecular flexibility index (Phi) is 9.65. The zero-order chi connectivity index (χ0) is 41.3. The van der Waals surface area contributed by atoms with Gasteiger partial charge in [0.05, 0.1) is 24.3 Å². The lowest BCUT2D eigenvalue weighted by Crippen LogP contribution is -2.46. The number of fused-ring (bicyclic) bond motifs is 2. The molecule has 0 saturated heterocycles. The first-order valence-corrected chi connectivity index (χ1v) is 19.2. The van der Waals surface area contributed by atoms with Gasteiger partial charge in [0.25, 0.3) is 23.6 Å². The van der Waals surface area contributed by atoms with Crippen LogP contribution in [0.25, 0.3) is 10.8 Å². The van der Waals surface area contributed by atoms with Crippen molar-refractivity contribution in [1.29, 1.82) is 0 Å². The van der Waals surface area contributed by atoms with Gasteiger partial charge in [0.1, 0.15) is 11.5 Å². The van der Waals surface area contributed by atoms with Crippen LogP contribution >= 0.6 is 0 Å². The van der Waals surface area contributed by atoms with Crippen molar-refractivity contribution in [3.63, 3.8) is 0 Å². The minimum atomic E-state index is -0.758. The second-order valence-electron chi connectivity index (χ2n) is 16.3. The van der Waals surface area contributed by atoms with Crippen molar-refractivity contribution in [1.82, 2.24) is 19.6 Å². The Morgan fingerprint density at radius 1 is 0.569 bits per heavy atom. The maximum Gasteiger partial charge on any atom is 0.262 e. The van der Waals surface area contributed by atoms with Crippen molar-refractivity contribution >= 4 is 34.4 Å². The van der Waals surface area contributed by atoms with E-state index < -0.39 is 35.2 Å². The van der Waals surface area contributed by atoms with Gasteiger partial charge in [0.2, 0.25) is 11.6 Å². The third-order valence-electron chi connectivity index (χ3n) is 10.5. The molecule has 296 valence electrons. The first kappa shape index (κ1) is 38.8. The van der Waals surface area contributed by atoms with Crippen LogP contribution in [0.15, 0.2) is 48.5 Å². The van der Waals surface area contributed by atoms with Crippen molar-refractivity contribution < 1.29 is 38.1 Å². The Morgan fingerprint density at radius 3 is 1.34 bits per heavy atom. The molecule has 4 heterocycles. The summed E-state index contributed by atoms with van der Waals surface area (Å²) in [5.74, 6) is 10.4. The first-order chi connectivity index (χ1) is 27.5. The predicted octanol–water partition coefficient (Wildman–Crippen LogP) is 5.24. The SMILES string of the molecule is CN(C)CCN1C(=O)c2cc(C#Cc3ccc4c(c3)COC(C)(C)O4)c3c4c(cc(C#Cc5ccc6c(c5)COC(C)(C)O6)c(c24)C1=O)C(=O)N(CCN(C)C)C3=O. The van der Waals surface area contributed by atoms with Gasteiger partial charge in [-0.05, 0) is 76.7 Å². The molecule has 12 nitrogen and oxygen atoms in total. The highest BCUT2D eigenvalue weighted by Gasteiger charge is 2.42. The zero-order valence-electron chi connectivity index (χ0n) is 33.9. The van der Waals surface area contributed by atoms with Crippen molar-refractivity contribution in [3.05, 3.63) is 104 Å². The average Bonchev–Trinajstić information content (AvgIpc) is 3.16. The van der Waals surface area contributed by atoms with Crippen LogP contribution in [0, 0.1) is 23.7 Å². The highest BCUT2D eigenvalue weighted by molar-refractivity contribution is 6.34. The van der Waals surface area contributed by atoms with Gasteiger partial charge < -0.3 is 28.7 Å². The molecule has 0 saturated carbocycles. The highest BCUT2D eigenvalue weighted by atomic mass is 16.7. The third-order valence-corrected chi connectivity index (χ3v) is 10.5. The monoisotopic (exact) mass is 780 g/mol. The van der Waals surface area contributed by atoms with Crippen LogP contribution < -0.4 is 9.47 Å². The number of amides is 4. The van der Waals surface area contributed by atoms with Crippen molar-refractivity contribution in [2.45, 2.75) is 52.5 Å². The van der Waals surface area contributed by atoms with Gasteiger partial charge in [0, 0.05) is 109 Å². The number of benzene rings is 4. The van der Waals surface area contributed by atoms with Crippen molar-refractivity contribution in [2.75, 3.05) is 54.4 Å². The number of likely N-dealkylation sites (N-methyl/N-ethyl adjacent to an activating group) is 2. The van der Waals surface area contributed by atoms with E-state index in [1.54, 1.807) is 12.1 Å². The number of imide groups is 2. The number of carbonyl (C=O) groups is 4. The quantitative estimate of drug-likeness (QED) is 0.190. The minimum absolute atomic E-state index is 0.108. The lowest BCUT2D eigenvalue weighted by Gasteiger charge is -2.34. The van der Waals surface area contributed by atoms with Gasteiger partial charge in [0.15, 0.2) is 0 Å². The van der Waals surface area contributed by atoms with E-state index in [2.05, 4.69) is 23.7 Å². The van der Waals surface area contributed by atoms with E-state index in [4.69, 9.17) is 18.9 Å². The lowest BCUT2D eigenvalue weighted by atomic mass is 9.81. The van der Waals surface area contributed by atoms with Crippen molar-refractivity contribution in [2.24, 2.45) is 0 Å². The highest BCUT2D eigenvalue weighted by Crippen LogP contribution is 2.41. The molecular weight excluding hydrogens is 737 g/mol. The number of hydrogen-bond donors (Lipinski definition) is 0. The van der Waals surface area contributed by atoms with Crippen LogP contribution in [0.2, 0.25) is 0 Å². The van der Waals surface area contributed by atoms with E-state index in [1.165, 1.54) is 9.80 Å². The predicted molar refractivity (Wildman–Crippen MR) is 216 cm³/mol. The van der Waals surface area contributed by atoms with Crippen molar-refractivity contribution in [3.8, 4) is 35.2 Å². The van der Waals surface area contributed by atoms with Gasteiger partial charge in [-0.15, -0.1) is 0 Å². The maximum atomic E-state index is 14.5. The smallest absolute Gasteiger partial charge is 0.262 e. The van der Waals surface area contributed by atoms with Crippen LogP contribution in [0.4, 0.5) is 0 Å². The van der Waals surface area contributed by atoms with Gasteiger partial charge in [-0.3, -0.25) is 29.0 Å². The summed E-state index contributed by atoms with van der Waals surface area (Å²) in [5, 5.41) is 0.458. The van der Waals surface area contributed by atoms with E-state index in [9.17, 15) is 19.2 Å². The fourth-order valence-electron chi connectivity index (χ4n) is 7.48. The summed E-state index contributed by atoms with van der Waals surface area (Å²) in [4.78, 5) is 64.2. The van der Waals surface area contributed by atoms with E-state index in [-0.39, 0.29) is 57.2 Å². The van der Waals surface area contributed by atoms with E-state index in [1.807, 2.05) is 102 Å². The van der Waals surface area contributed by atoms with Gasteiger partial charge in [-0.2, -0.15) is 0 Å². The summed E-state index contributed by atoms with van der Waals surface area (Å²) in [6.07, 6.45) is 0. The molecule has 8 rings (SSSR count). The summed E-state index contributed by atoms with van der Waals surface area (Å²) in [5.41, 5.74) is 4.12. The van der Waals surface area contributed by atoms with Gasteiger partial charge in [-0.25, -0.2) is 0 Å². The molecule has 12 heteroatoms. The second kappa shape index (κ2) is 14.4. The normalized spacial score (nSPS) is 17.3. The first-order valence-electron chi connectivity index (χ1n) is 19.2. The standard InChI is InChI=1S/C46H44N4O8/c1-45(2)55-25-31-21-27(11-15-35(31)57-45)9-13-29-23-33-40-38(44(54)50(41(33)51)20-18-48(7)8)30(14-10-28-12-16-36-32(22-28)26-56-46(3,4)58-36)24-34-39(40)37(29)43(53)49(42(34)52)19-17-47(5)6/h11-12,15-16,21-24H,17-20,25-26H2,1-8H3. The molecule has 0 aliphatic carbocycles.